The molecule has 0 unspecified atom stereocenters. The van der Waals surface area contributed by atoms with Gasteiger partial charge >= 0.3 is 0 Å². The molecule has 4 rings (SSSR count). The standard InChI is InChI=1S/C28H27NO3S/c1-18(2)17-32-23-12-10-21(11-13-23)25-26(33-24-8-6-5-7-9-24)28(31)29(27(25)30)22-15-19(3)14-20(4)16-22/h5-16,18H,17H2,1-4H3. The van der Waals surface area contributed by atoms with Crippen LogP contribution in [-0.4, -0.2) is 18.4 Å². The summed E-state index contributed by atoms with van der Waals surface area (Å²) in [4.78, 5) is 29.9. The van der Waals surface area contributed by atoms with Gasteiger partial charge in [0.25, 0.3) is 11.8 Å². The SMILES string of the molecule is Cc1cc(C)cc(N2C(=O)C(Sc3ccccc3)=C(c3ccc(OCC(C)C)cc3)C2=O)c1. The number of carbonyl (C=O) groups excluding carboxylic acids is 2. The Morgan fingerprint density at radius 3 is 2.09 bits per heavy atom. The topological polar surface area (TPSA) is 46.6 Å². The van der Waals surface area contributed by atoms with Crippen LogP contribution in [0.25, 0.3) is 5.57 Å². The maximum atomic E-state index is 13.6. The van der Waals surface area contributed by atoms with Gasteiger partial charge < -0.3 is 4.74 Å². The summed E-state index contributed by atoms with van der Waals surface area (Å²) < 4.78 is 5.79. The van der Waals surface area contributed by atoms with Gasteiger partial charge in [-0.1, -0.05) is 62.0 Å². The number of anilines is 1. The Bertz CT molecular complexity index is 1190. The van der Waals surface area contributed by atoms with Crippen molar-refractivity contribution in [1.82, 2.24) is 0 Å². The van der Waals surface area contributed by atoms with Gasteiger partial charge in [0, 0.05) is 4.90 Å². The third-order valence-corrected chi connectivity index (χ3v) is 6.29. The fourth-order valence-electron chi connectivity index (χ4n) is 3.76. The second kappa shape index (κ2) is 9.67. The highest BCUT2D eigenvalue weighted by molar-refractivity contribution is 8.04. The number of amides is 2. The summed E-state index contributed by atoms with van der Waals surface area (Å²) in [5, 5.41) is 0. The molecule has 1 aliphatic heterocycles. The lowest BCUT2D eigenvalue weighted by atomic mass is 10.1. The minimum atomic E-state index is -0.306. The average molecular weight is 458 g/mol. The van der Waals surface area contributed by atoms with Crippen molar-refractivity contribution >= 4 is 34.8 Å². The summed E-state index contributed by atoms with van der Waals surface area (Å²) in [7, 11) is 0. The number of benzene rings is 3. The lowest BCUT2D eigenvalue weighted by Crippen LogP contribution is -2.31. The largest absolute Gasteiger partial charge is 0.493 e. The number of rotatable bonds is 7. The van der Waals surface area contributed by atoms with Crippen molar-refractivity contribution in [3.63, 3.8) is 0 Å². The van der Waals surface area contributed by atoms with E-state index in [1.165, 1.54) is 16.7 Å². The summed E-state index contributed by atoms with van der Waals surface area (Å²) >= 11 is 1.33. The van der Waals surface area contributed by atoms with Gasteiger partial charge in [0.05, 0.1) is 22.8 Å². The van der Waals surface area contributed by atoms with E-state index in [1.54, 1.807) is 0 Å². The molecule has 0 atom stereocenters. The van der Waals surface area contributed by atoms with Crippen LogP contribution in [0.5, 0.6) is 5.75 Å². The monoisotopic (exact) mass is 457 g/mol. The summed E-state index contributed by atoms with van der Waals surface area (Å²) in [6.07, 6.45) is 0. The van der Waals surface area contributed by atoms with Gasteiger partial charge in [-0.05, 0) is 72.9 Å². The number of nitrogens with zero attached hydrogens (tertiary/aromatic N) is 1. The van der Waals surface area contributed by atoms with E-state index in [0.29, 0.717) is 34.3 Å². The maximum Gasteiger partial charge on any atom is 0.272 e. The Balaban J connectivity index is 1.75. The number of hydrogen-bond donors (Lipinski definition) is 0. The molecule has 2 amide bonds. The molecule has 0 saturated carbocycles. The van der Waals surface area contributed by atoms with E-state index in [1.807, 2.05) is 86.6 Å². The maximum absolute atomic E-state index is 13.6. The van der Waals surface area contributed by atoms with Crippen molar-refractivity contribution in [2.75, 3.05) is 11.5 Å². The molecule has 0 aromatic heterocycles. The molecule has 0 N–H and O–H groups in total. The first-order chi connectivity index (χ1) is 15.8. The molecule has 0 fully saturated rings. The van der Waals surface area contributed by atoms with Crippen LogP contribution in [-0.2, 0) is 9.59 Å². The number of hydrogen-bond acceptors (Lipinski definition) is 4. The molecule has 4 nitrogen and oxygen atoms in total. The smallest absolute Gasteiger partial charge is 0.272 e. The number of imide groups is 1. The molecule has 5 heteroatoms. The van der Waals surface area contributed by atoms with Crippen LogP contribution in [0.3, 0.4) is 0 Å². The highest BCUT2D eigenvalue weighted by Gasteiger charge is 2.40. The molecule has 0 saturated heterocycles. The molecule has 168 valence electrons. The van der Waals surface area contributed by atoms with E-state index in [4.69, 9.17) is 4.74 Å². The molecule has 0 spiro atoms. The van der Waals surface area contributed by atoms with E-state index >= 15 is 0 Å². The molecule has 0 radical (unpaired) electrons. The molecule has 3 aromatic rings. The second-order valence-electron chi connectivity index (χ2n) is 8.64. The first-order valence-electron chi connectivity index (χ1n) is 11.0. The minimum absolute atomic E-state index is 0.297. The number of carbonyl (C=O) groups is 2. The van der Waals surface area contributed by atoms with Gasteiger partial charge in [-0.25, -0.2) is 4.90 Å². The lowest BCUT2D eigenvalue weighted by molar-refractivity contribution is -0.119. The van der Waals surface area contributed by atoms with Gasteiger partial charge in [0.2, 0.25) is 0 Å². The Morgan fingerprint density at radius 1 is 0.848 bits per heavy atom. The summed E-state index contributed by atoms with van der Waals surface area (Å²) in [5.41, 5.74) is 3.73. The van der Waals surface area contributed by atoms with Crippen molar-refractivity contribution in [2.24, 2.45) is 5.92 Å². The minimum Gasteiger partial charge on any atom is -0.493 e. The molecule has 1 heterocycles. The van der Waals surface area contributed by atoms with E-state index in [2.05, 4.69) is 13.8 Å². The summed E-state index contributed by atoms with van der Waals surface area (Å²) in [6, 6.07) is 22.8. The zero-order valence-corrected chi connectivity index (χ0v) is 20.1. The summed E-state index contributed by atoms with van der Waals surface area (Å²) in [6.45, 7) is 8.74. The van der Waals surface area contributed by atoms with Crippen LogP contribution in [0.4, 0.5) is 5.69 Å². The van der Waals surface area contributed by atoms with E-state index in [-0.39, 0.29) is 11.8 Å². The van der Waals surface area contributed by atoms with E-state index < -0.39 is 0 Å². The van der Waals surface area contributed by atoms with Gasteiger partial charge in [-0.2, -0.15) is 0 Å². The number of aryl methyl sites for hydroxylation is 2. The van der Waals surface area contributed by atoms with Crippen LogP contribution in [0.2, 0.25) is 0 Å². The van der Waals surface area contributed by atoms with Crippen LogP contribution in [0, 0.1) is 19.8 Å². The van der Waals surface area contributed by atoms with Crippen LogP contribution < -0.4 is 9.64 Å². The lowest BCUT2D eigenvalue weighted by Gasteiger charge is -2.17. The fraction of sp³-hybridized carbons (Fsp3) is 0.214. The van der Waals surface area contributed by atoms with Gasteiger partial charge in [-0.3, -0.25) is 9.59 Å². The van der Waals surface area contributed by atoms with Crippen molar-refractivity contribution in [1.29, 1.82) is 0 Å². The Kier molecular flexibility index (Phi) is 6.70. The van der Waals surface area contributed by atoms with Crippen molar-refractivity contribution < 1.29 is 14.3 Å². The average Bonchev–Trinajstić information content (AvgIpc) is 3.02. The zero-order chi connectivity index (χ0) is 23.5. The second-order valence-corrected chi connectivity index (χ2v) is 9.72. The first-order valence-corrected chi connectivity index (χ1v) is 11.8. The molecule has 3 aromatic carbocycles. The quantitative estimate of drug-likeness (QED) is 0.384. The van der Waals surface area contributed by atoms with Crippen molar-refractivity contribution in [2.45, 2.75) is 32.6 Å². The van der Waals surface area contributed by atoms with Gasteiger partial charge in [-0.15, -0.1) is 0 Å². The fourth-order valence-corrected chi connectivity index (χ4v) is 4.77. The Hall–Kier alpha value is -3.31. The summed E-state index contributed by atoms with van der Waals surface area (Å²) in [5.74, 6) is 0.558. The normalized spacial score (nSPS) is 13.9. The van der Waals surface area contributed by atoms with Crippen molar-refractivity contribution in [3.05, 3.63) is 94.4 Å². The highest BCUT2D eigenvalue weighted by atomic mass is 32.2. The Labute approximate surface area is 199 Å². The number of ether oxygens (including phenoxy) is 1. The predicted octanol–water partition coefficient (Wildman–Crippen LogP) is 6.42. The molecule has 0 bridgehead atoms. The molecule has 33 heavy (non-hydrogen) atoms. The van der Waals surface area contributed by atoms with Crippen LogP contribution in [0.15, 0.2) is 82.6 Å². The molecule has 1 aliphatic rings. The van der Waals surface area contributed by atoms with Crippen molar-refractivity contribution in [3.8, 4) is 5.75 Å². The van der Waals surface area contributed by atoms with Gasteiger partial charge in [0.1, 0.15) is 5.75 Å². The molecular weight excluding hydrogens is 430 g/mol. The van der Waals surface area contributed by atoms with E-state index in [9.17, 15) is 9.59 Å². The highest BCUT2D eigenvalue weighted by Crippen LogP contribution is 2.41. The molecule has 0 aliphatic carbocycles. The van der Waals surface area contributed by atoms with Crippen LogP contribution in [0.1, 0.15) is 30.5 Å². The Morgan fingerprint density at radius 2 is 1.48 bits per heavy atom. The number of thioether (sulfide) groups is 1. The first kappa shape index (κ1) is 22.9. The van der Waals surface area contributed by atoms with Crippen LogP contribution >= 0.6 is 11.8 Å². The van der Waals surface area contributed by atoms with E-state index in [0.717, 1.165) is 21.8 Å². The predicted molar refractivity (Wildman–Crippen MR) is 134 cm³/mol. The zero-order valence-electron chi connectivity index (χ0n) is 19.3. The van der Waals surface area contributed by atoms with Gasteiger partial charge in [0.15, 0.2) is 0 Å². The third-order valence-electron chi connectivity index (χ3n) is 5.20. The molecular formula is C28H27NO3S. The third kappa shape index (κ3) is 5.04.